The molecule has 2 aromatic rings. The van der Waals surface area contributed by atoms with Crippen LogP contribution in [-0.4, -0.2) is 11.1 Å². The molecule has 0 bridgehead atoms. The summed E-state index contributed by atoms with van der Waals surface area (Å²) in [6, 6.07) is 10.2. The third-order valence-corrected chi connectivity index (χ3v) is 5.51. The van der Waals surface area contributed by atoms with E-state index in [2.05, 4.69) is 35.0 Å². The summed E-state index contributed by atoms with van der Waals surface area (Å²) in [7, 11) is 0. The zero-order valence-corrected chi connectivity index (χ0v) is 12.8. The highest BCUT2D eigenvalue weighted by molar-refractivity contribution is 9.10. The van der Waals surface area contributed by atoms with E-state index in [4.69, 9.17) is 0 Å². The molecule has 19 heavy (non-hydrogen) atoms. The van der Waals surface area contributed by atoms with Gasteiger partial charge < -0.3 is 5.11 Å². The van der Waals surface area contributed by atoms with Crippen LogP contribution >= 0.6 is 27.3 Å². The second kappa shape index (κ2) is 4.46. The van der Waals surface area contributed by atoms with Gasteiger partial charge in [-0.2, -0.15) is 0 Å². The lowest BCUT2D eigenvalue weighted by Gasteiger charge is -2.06. The van der Waals surface area contributed by atoms with Crippen molar-refractivity contribution >= 4 is 33.2 Å². The Hall–Kier alpha value is -1.13. The van der Waals surface area contributed by atoms with Crippen molar-refractivity contribution in [3.63, 3.8) is 0 Å². The fourth-order valence-electron chi connectivity index (χ4n) is 2.33. The van der Waals surface area contributed by atoms with E-state index in [9.17, 15) is 9.90 Å². The number of halogens is 1. The SMILES string of the molecule is Cc1cc(Br)ccc1-c1ccc(C2(C(=O)O)CC2)s1. The number of thiophene rings is 1. The van der Waals surface area contributed by atoms with Gasteiger partial charge in [0.15, 0.2) is 0 Å². The van der Waals surface area contributed by atoms with Crippen LogP contribution in [-0.2, 0) is 10.2 Å². The van der Waals surface area contributed by atoms with Gasteiger partial charge in [-0.1, -0.05) is 22.0 Å². The quantitative estimate of drug-likeness (QED) is 0.889. The van der Waals surface area contributed by atoms with Crippen molar-refractivity contribution < 1.29 is 9.90 Å². The van der Waals surface area contributed by atoms with Gasteiger partial charge in [-0.3, -0.25) is 4.79 Å². The standard InChI is InChI=1S/C15H13BrO2S/c1-9-8-10(16)2-3-11(9)12-4-5-13(19-12)15(6-7-15)14(17)18/h2-5,8H,6-7H2,1H3,(H,17,18). The first kappa shape index (κ1) is 12.9. The molecule has 1 saturated carbocycles. The molecule has 1 aliphatic rings. The van der Waals surface area contributed by atoms with Crippen molar-refractivity contribution in [1.29, 1.82) is 0 Å². The van der Waals surface area contributed by atoms with Crippen LogP contribution in [0.2, 0.25) is 0 Å². The monoisotopic (exact) mass is 336 g/mol. The number of rotatable bonds is 3. The van der Waals surface area contributed by atoms with Crippen molar-refractivity contribution in [2.45, 2.75) is 25.2 Å². The summed E-state index contributed by atoms with van der Waals surface area (Å²) in [4.78, 5) is 13.5. The van der Waals surface area contributed by atoms with E-state index in [-0.39, 0.29) is 0 Å². The normalized spacial score (nSPS) is 16.3. The van der Waals surface area contributed by atoms with Crippen LogP contribution in [0.1, 0.15) is 23.3 Å². The minimum absolute atomic E-state index is 0.591. The molecule has 0 radical (unpaired) electrons. The summed E-state index contributed by atoms with van der Waals surface area (Å²) in [5.41, 5.74) is 1.79. The molecule has 98 valence electrons. The van der Waals surface area contributed by atoms with Crippen LogP contribution in [0, 0.1) is 6.92 Å². The zero-order valence-electron chi connectivity index (χ0n) is 10.4. The predicted octanol–water partition coefficient (Wildman–Crippen LogP) is 4.60. The number of benzene rings is 1. The smallest absolute Gasteiger partial charge is 0.314 e. The Morgan fingerprint density at radius 2 is 2.05 bits per heavy atom. The van der Waals surface area contributed by atoms with Crippen LogP contribution in [0.4, 0.5) is 0 Å². The Bertz CT molecular complexity index is 656. The third kappa shape index (κ3) is 2.13. The molecule has 0 aliphatic heterocycles. The molecule has 0 amide bonds. The molecule has 4 heteroatoms. The lowest BCUT2D eigenvalue weighted by molar-refractivity contribution is -0.139. The first-order valence-corrected chi connectivity index (χ1v) is 7.74. The lowest BCUT2D eigenvalue weighted by Crippen LogP contribution is -2.17. The molecule has 1 N–H and O–H groups in total. The van der Waals surface area contributed by atoms with Gasteiger partial charge in [0.25, 0.3) is 0 Å². The van der Waals surface area contributed by atoms with E-state index in [0.717, 1.165) is 27.1 Å². The lowest BCUT2D eigenvalue weighted by atomic mass is 10.1. The average Bonchev–Trinajstić information content (AvgIpc) is 3.03. The maximum Gasteiger partial charge on any atom is 0.314 e. The minimum atomic E-state index is -0.687. The molecule has 0 atom stereocenters. The van der Waals surface area contributed by atoms with Gasteiger partial charge in [-0.15, -0.1) is 11.3 Å². The molecule has 0 unspecified atom stereocenters. The number of carbonyl (C=O) groups is 1. The Balaban J connectivity index is 2.00. The number of carboxylic acids is 1. The first-order valence-electron chi connectivity index (χ1n) is 6.13. The molecule has 1 heterocycles. The summed E-state index contributed by atoms with van der Waals surface area (Å²) < 4.78 is 1.06. The van der Waals surface area contributed by atoms with E-state index < -0.39 is 11.4 Å². The van der Waals surface area contributed by atoms with Gasteiger partial charge in [-0.05, 0) is 55.2 Å². The van der Waals surface area contributed by atoms with Crippen molar-refractivity contribution in [1.82, 2.24) is 0 Å². The summed E-state index contributed by atoms with van der Waals surface area (Å²) in [6.07, 6.45) is 1.53. The minimum Gasteiger partial charge on any atom is -0.481 e. The highest BCUT2D eigenvalue weighted by Gasteiger charge is 2.52. The average molecular weight is 337 g/mol. The van der Waals surface area contributed by atoms with Gasteiger partial charge in [0.1, 0.15) is 5.41 Å². The summed E-state index contributed by atoms with van der Waals surface area (Å²) in [6.45, 7) is 2.07. The zero-order chi connectivity index (χ0) is 13.6. The molecule has 1 aliphatic carbocycles. The van der Waals surface area contributed by atoms with Crippen LogP contribution in [0.25, 0.3) is 10.4 Å². The van der Waals surface area contributed by atoms with Gasteiger partial charge in [-0.25, -0.2) is 0 Å². The predicted molar refractivity (Wildman–Crippen MR) is 80.7 cm³/mol. The molecule has 1 fully saturated rings. The van der Waals surface area contributed by atoms with Gasteiger partial charge in [0.2, 0.25) is 0 Å². The summed E-state index contributed by atoms with van der Waals surface area (Å²) >= 11 is 5.07. The first-order chi connectivity index (χ1) is 9.03. The Labute approximate surface area is 124 Å². The fraction of sp³-hybridized carbons (Fsp3) is 0.267. The van der Waals surface area contributed by atoms with Crippen molar-refractivity contribution in [2.75, 3.05) is 0 Å². The molecule has 1 aromatic carbocycles. The number of hydrogen-bond acceptors (Lipinski definition) is 2. The number of aryl methyl sites for hydroxylation is 1. The second-order valence-electron chi connectivity index (χ2n) is 5.01. The molecule has 2 nitrogen and oxygen atoms in total. The number of carboxylic acid groups (broad SMARTS) is 1. The van der Waals surface area contributed by atoms with Crippen molar-refractivity contribution in [3.8, 4) is 10.4 Å². The Morgan fingerprint density at radius 3 is 2.63 bits per heavy atom. The Morgan fingerprint density at radius 1 is 1.32 bits per heavy atom. The maximum atomic E-state index is 11.3. The molecule has 0 spiro atoms. The van der Waals surface area contributed by atoms with Crippen LogP contribution in [0.15, 0.2) is 34.8 Å². The fourth-order valence-corrected chi connectivity index (χ4v) is 4.14. The number of hydrogen-bond donors (Lipinski definition) is 1. The maximum absolute atomic E-state index is 11.3. The number of aliphatic carboxylic acids is 1. The molecular formula is C15H13BrO2S. The van der Waals surface area contributed by atoms with E-state index in [1.165, 1.54) is 11.1 Å². The molecular weight excluding hydrogens is 324 g/mol. The van der Waals surface area contributed by atoms with E-state index >= 15 is 0 Å². The summed E-state index contributed by atoms with van der Waals surface area (Å²) in [5, 5.41) is 9.33. The highest BCUT2D eigenvalue weighted by atomic mass is 79.9. The van der Waals surface area contributed by atoms with Crippen molar-refractivity contribution in [3.05, 3.63) is 45.2 Å². The van der Waals surface area contributed by atoms with Gasteiger partial charge >= 0.3 is 5.97 Å². The second-order valence-corrected chi connectivity index (χ2v) is 7.01. The van der Waals surface area contributed by atoms with Crippen LogP contribution in [0.3, 0.4) is 0 Å². The van der Waals surface area contributed by atoms with E-state index in [0.29, 0.717) is 0 Å². The summed E-state index contributed by atoms with van der Waals surface area (Å²) in [5.74, 6) is -0.687. The molecule has 3 rings (SSSR count). The third-order valence-electron chi connectivity index (χ3n) is 3.69. The largest absolute Gasteiger partial charge is 0.481 e. The highest BCUT2D eigenvalue weighted by Crippen LogP contribution is 2.52. The van der Waals surface area contributed by atoms with Gasteiger partial charge in [0, 0.05) is 14.2 Å². The van der Waals surface area contributed by atoms with Crippen molar-refractivity contribution in [2.24, 2.45) is 0 Å². The van der Waals surface area contributed by atoms with E-state index in [1.807, 2.05) is 18.2 Å². The van der Waals surface area contributed by atoms with Crippen LogP contribution < -0.4 is 0 Å². The topological polar surface area (TPSA) is 37.3 Å². The van der Waals surface area contributed by atoms with E-state index in [1.54, 1.807) is 11.3 Å². The van der Waals surface area contributed by atoms with Crippen LogP contribution in [0.5, 0.6) is 0 Å². The van der Waals surface area contributed by atoms with Gasteiger partial charge in [0.05, 0.1) is 0 Å². The Kier molecular flexibility index (Phi) is 3.02. The molecule has 1 aromatic heterocycles. The molecule has 0 saturated heterocycles.